The van der Waals surface area contributed by atoms with Gasteiger partial charge in [0.05, 0.1) is 30.5 Å². The molecule has 3 rings (SSSR count). The quantitative estimate of drug-likeness (QED) is 0.848. The monoisotopic (exact) mass is 353 g/mol. The first-order chi connectivity index (χ1) is 12.3. The second-order valence-electron chi connectivity index (χ2n) is 6.16. The molecule has 1 aromatic carbocycles. The second-order valence-corrected chi connectivity index (χ2v) is 6.16. The van der Waals surface area contributed by atoms with E-state index < -0.39 is 5.91 Å². The van der Waals surface area contributed by atoms with Crippen molar-refractivity contribution in [2.24, 2.45) is 0 Å². The van der Waals surface area contributed by atoms with Crippen molar-refractivity contribution in [3.05, 3.63) is 57.9 Å². The molecule has 0 aliphatic carbocycles. The molecule has 0 unspecified atom stereocenters. The highest BCUT2D eigenvalue weighted by molar-refractivity contribution is 6.21. The topological polar surface area (TPSA) is 88.6 Å². The molecule has 1 aliphatic heterocycles. The highest BCUT2D eigenvalue weighted by Crippen LogP contribution is 2.24. The van der Waals surface area contributed by atoms with E-state index in [0.717, 1.165) is 21.8 Å². The molecule has 0 saturated heterocycles. The number of fused-ring (bicyclic) bond motifs is 1. The summed E-state index contributed by atoms with van der Waals surface area (Å²) in [6.07, 6.45) is 1.70. The van der Waals surface area contributed by atoms with E-state index in [-0.39, 0.29) is 23.9 Å². The van der Waals surface area contributed by atoms with Crippen molar-refractivity contribution < 1.29 is 19.1 Å². The van der Waals surface area contributed by atoms with Gasteiger partial charge >= 0.3 is 0 Å². The molecule has 1 aromatic heterocycles. The Labute approximate surface area is 151 Å². The number of aryl methyl sites for hydroxylation is 1. The summed E-state index contributed by atoms with van der Waals surface area (Å²) >= 11 is 0. The molecule has 0 spiro atoms. The molecule has 7 nitrogen and oxygen atoms in total. The van der Waals surface area contributed by atoms with Gasteiger partial charge in [-0.05, 0) is 32.0 Å². The third-order valence-corrected chi connectivity index (χ3v) is 4.52. The summed E-state index contributed by atoms with van der Waals surface area (Å²) in [6.45, 7) is 4.02. The zero-order chi connectivity index (χ0) is 19.0. The molecule has 7 heteroatoms. The molecule has 1 N–H and O–H groups in total. The van der Waals surface area contributed by atoms with Crippen LogP contribution in [0.1, 0.15) is 47.9 Å². The highest BCUT2D eigenvalue weighted by atomic mass is 16.5. The number of pyridine rings is 1. The van der Waals surface area contributed by atoms with Gasteiger partial charge in [-0.1, -0.05) is 0 Å². The molecule has 3 amide bonds. The van der Waals surface area contributed by atoms with Crippen LogP contribution in [-0.4, -0.2) is 41.8 Å². The van der Waals surface area contributed by atoms with E-state index in [2.05, 4.69) is 10.3 Å². The lowest BCUT2D eigenvalue weighted by Crippen LogP contribution is -2.25. The van der Waals surface area contributed by atoms with Crippen molar-refractivity contribution in [3.8, 4) is 5.75 Å². The molecule has 0 saturated carbocycles. The average molecular weight is 353 g/mol. The summed E-state index contributed by atoms with van der Waals surface area (Å²) in [7, 11) is 3.02. The Morgan fingerprint density at radius 2 is 1.88 bits per heavy atom. The maximum absolute atomic E-state index is 12.4. The molecule has 0 radical (unpaired) electrons. The third-order valence-electron chi connectivity index (χ3n) is 4.52. The van der Waals surface area contributed by atoms with E-state index in [1.165, 1.54) is 25.2 Å². The van der Waals surface area contributed by atoms with Crippen molar-refractivity contribution in [3.63, 3.8) is 0 Å². The van der Waals surface area contributed by atoms with Crippen LogP contribution >= 0.6 is 0 Å². The van der Waals surface area contributed by atoms with E-state index in [4.69, 9.17) is 4.74 Å². The van der Waals surface area contributed by atoms with Gasteiger partial charge in [0.15, 0.2) is 0 Å². The van der Waals surface area contributed by atoms with Gasteiger partial charge in [0, 0.05) is 29.9 Å². The molecule has 0 atom stereocenters. The predicted octanol–water partition coefficient (Wildman–Crippen LogP) is 1.86. The zero-order valence-electron chi connectivity index (χ0n) is 15.0. The van der Waals surface area contributed by atoms with E-state index in [9.17, 15) is 14.4 Å². The van der Waals surface area contributed by atoms with Crippen molar-refractivity contribution in [1.82, 2.24) is 15.2 Å². The molecular formula is C19H19N3O4. The number of carbonyl (C=O) groups is 3. The van der Waals surface area contributed by atoms with Crippen molar-refractivity contribution >= 4 is 17.7 Å². The van der Waals surface area contributed by atoms with Gasteiger partial charge in [-0.2, -0.15) is 0 Å². The van der Waals surface area contributed by atoms with Crippen LogP contribution in [0.5, 0.6) is 5.75 Å². The van der Waals surface area contributed by atoms with E-state index in [1.54, 1.807) is 13.3 Å². The first kappa shape index (κ1) is 17.6. The van der Waals surface area contributed by atoms with Gasteiger partial charge in [-0.15, -0.1) is 0 Å². The standard InChI is InChI=1S/C19H19N3O4/c1-10-8-20-15(11(2)16(10)26-4)9-21-17(23)12-5-6-13-14(7-12)19(25)22(3)18(13)24/h5-8H,9H2,1-4H3,(H,21,23). The Balaban J connectivity index is 1.78. The zero-order valence-corrected chi connectivity index (χ0v) is 15.0. The number of ether oxygens (including phenoxy) is 1. The van der Waals surface area contributed by atoms with Crippen LogP contribution in [0.15, 0.2) is 24.4 Å². The smallest absolute Gasteiger partial charge is 0.261 e. The van der Waals surface area contributed by atoms with Crippen molar-refractivity contribution in [1.29, 1.82) is 0 Å². The fourth-order valence-electron chi connectivity index (χ4n) is 3.02. The summed E-state index contributed by atoms with van der Waals surface area (Å²) in [5.74, 6) is -0.360. The van der Waals surface area contributed by atoms with E-state index in [1.807, 2.05) is 13.8 Å². The van der Waals surface area contributed by atoms with Gasteiger partial charge < -0.3 is 10.1 Å². The number of carbonyl (C=O) groups excluding carboxylic acids is 3. The minimum absolute atomic E-state index is 0.227. The Bertz CT molecular complexity index is 937. The summed E-state index contributed by atoms with van der Waals surface area (Å²) in [5.41, 5.74) is 3.37. The fraction of sp³-hybridized carbons (Fsp3) is 0.263. The maximum atomic E-state index is 12.4. The van der Waals surface area contributed by atoms with Crippen LogP contribution in [0, 0.1) is 13.8 Å². The number of benzene rings is 1. The minimum atomic E-state index is -0.402. The lowest BCUT2D eigenvalue weighted by molar-refractivity contribution is 0.0693. The predicted molar refractivity (Wildman–Crippen MR) is 94.3 cm³/mol. The Hall–Kier alpha value is -3.22. The first-order valence-corrected chi connectivity index (χ1v) is 8.08. The lowest BCUT2D eigenvalue weighted by atomic mass is 10.1. The van der Waals surface area contributed by atoms with Gasteiger partial charge in [0.1, 0.15) is 5.75 Å². The molecular weight excluding hydrogens is 334 g/mol. The second kappa shape index (κ2) is 6.59. The fourth-order valence-corrected chi connectivity index (χ4v) is 3.02. The normalized spacial score (nSPS) is 13.0. The van der Waals surface area contributed by atoms with Crippen LogP contribution in [0.4, 0.5) is 0 Å². The number of nitrogens with one attached hydrogen (secondary N) is 1. The molecule has 1 aliphatic rings. The van der Waals surface area contributed by atoms with Crippen LogP contribution in [-0.2, 0) is 6.54 Å². The molecule has 2 heterocycles. The number of hydrogen-bond donors (Lipinski definition) is 1. The summed E-state index contributed by atoms with van der Waals surface area (Å²) in [4.78, 5) is 41.8. The number of nitrogens with zero attached hydrogens (tertiary/aromatic N) is 2. The molecule has 26 heavy (non-hydrogen) atoms. The van der Waals surface area contributed by atoms with Gasteiger partial charge in [0.25, 0.3) is 17.7 Å². The van der Waals surface area contributed by atoms with E-state index >= 15 is 0 Å². The van der Waals surface area contributed by atoms with E-state index in [0.29, 0.717) is 16.8 Å². The number of methoxy groups -OCH3 is 1. The number of amides is 3. The lowest BCUT2D eigenvalue weighted by Gasteiger charge is -2.13. The molecule has 0 fully saturated rings. The SMILES string of the molecule is COc1c(C)cnc(CNC(=O)c2ccc3c(c2)C(=O)N(C)C3=O)c1C. The van der Waals surface area contributed by atoms with Crippen LogP contribution in [0.3, 0.4) is 0 Å². The number of imide groups is 1. The number of hydrogen-bond acceptors (Lipinski definition) is 5. The van der Waals surface area contributed by atoms with Crippen LogP contribution < -0.4 is 10.1 Å². The van der Waals surface area contributed by atoms with Gasteiger partial charge in [0.2, 0.25) is 0 Å². The largest absolute Gasteiger partial charge is 0.496 e. The summed E-state index contributed by atoms with van der Waals surface area (Å²) < 4.78 is 5.36. The maximum Gasteiger partial charge on any atom is 0.261 e. The number of aromatic nitrogens is 1. The van der Waals surface area contributed by atoms with Gasteiger partial charge in [-0.25, -0.2) is 0 Å². The molecule has 134 valence electrons. The summed E-state index contributed by atoms with van der Waals surface area (Å²) in [6, 6.07) is 4.49. The first-order valence-electron chi connectivity index (χ1n) is 8.08. The highest BCUT2D eigenvalue weighted by Gasteiger charge is 2.33. The number of rotatable bonds is 4. The van der Waals surface area contributed by atoms with Crippen LogP contribution in [0.2, 0.25) is 0 Å². The molecule has 2 aromatic rings. The van der Waals surface area contributed by atoms with Crippen molar-refractivity contribution in [2.75, 3.05) is 14.2 Å². The Morgan fingerprint density at radius 1 is 1.19 bits per heavy atom. The third kappa shape index (κ3) is 2.81. The van der Waals surface area contributed by atoms with Crippen molar-refractivity contribution in [2.45, 2.75) is 20.4 Å². The minimum Gasteiger partial charge on any atom is -0.496 e. The summed E-state index contributed by atoms with van der Waals surface area (Å²) in [5, 5.41) is 2.79. The molecule has 0 bridgehead atoms. The van der Waals surface area contributed by atoms with Crippen LogP contribution in [0.25, 0.3) is 0 Å². The average Bonchev–Trinajstić information content (AvgIpc) is 2.85. The Kier molecular flexibility index (Phi) is 4.46. The van der Waals surface area contributed by atoms with Gasteiger partial charge in [-0.3, -0.25) is 24.3 Å². The Morgan fingerprint density at radius 3 is 2.58 bits per heavy atom.